The number of carbonyl (C=O) groups excluding carboxylic acids is 1. The second-order valence-corrected chi connectivity index (χ2v) is 5.07. The minimum Gasteiger partial charge on any atom is -0.382 e. The molecule has 1 aromatic carbocycles. The van der Waals surface area contributed by atoms with Gasteiger partial charge in [-0.05, 0) is 50.5 Å². The summed E-state index contributed by atoms with van der Waals surface area (Å²) in [7, 11) is 0. The zero-order valence-corrected chi connectivity index (χ0v) is 10.8. The van der Waals surface area contributed by atoms with Gasteiger partial charge in [-0.1, -0.05) is 26.7 Å². The summed E-state index contributed by atoms with van der Waals surface area (Å²) in [5.74, 6) is 0.145. The Hall–Kier alpha value is -1.31. The van der Waals surface area contributed by atoms with Gasteiger partial charge in [0.05, 0.1) is 0 Å². The van der Waals surface area contributed by atoms with Crippen LogP contribution in [0.1, 0.15) is 62.4 Å². The van der Waals surface area contributed by atoms with Crippen molar-refractivity contribution < 1.29 is 4.79 Å². The Kier molecular flexibility index (Phi) is 5.39. The predicted octanol–water partition coefficient (Wildman–Crippen LogP) is 4.58. The van der Waals surface area contributed by atoms with Crippen LogP contribution < -0.4 is 5.32 Å². The molecule has 0 radical (unpaired) electrons. The number of hydrogen-bond acceptors (Lipinski definition) is 2. The van der Waals surface area contributed by atoms with Crippen molar-refractivity contribution in [2.45, 2.75) is 59.4 Å². The molecule has 0 aliphatic heterocycles. The summed E-state index contributed by atoms with van der Waals surface area (Å²) in [6, 6.07) is 6.67. The highest BCUT2D eigenvalue weighted by Gasteiger charge is 2.13. The van der Waals surface area contributed by atoms with E-state index in [1.807, 2.05) is 19.1 Å². The molecule has 0 unspecified atom stereocenters. The van der Waals surface area contributed by atoms with E-state index in [0.717, 1.165) is 16.8 Å². The highest BCUT2D eigenvalue weighted by atomic mass is 16.1. The van der Waals surface area contributed by atoms with Crippen LogP contribution in [0.4, 0.5) is 5.69 Å². The van der Waals surface area contributed by atoms with Gasteiger partial charge in [0, 0.05) is 17.3 Å². The Morgan fingerprint density at radius 3 is 2.44 bits per heavy atom. The molecule has 1 saturated carbocycles. The first-order valence-electron chi connectivity index (χ1n) is 6.55. The lowest BCUT2D eigenvalue weighted by Crippen LogP contribution is -2.22. The van der Waals surface area contributed by atoms with Crippen molar-refractivity contribution in [1.29, 1.82) is 0 Å². The van der Waals surface area contributed by atoms with Crippen molar-refractivity contribution in [3.8, 4) is 0 Å². The Morgan fingerprint density at radius 1 is 1.22 bits per heavy atom. The SMILES string of the molecule is C.CC(=O)c1ccc(NC2CCCCC2)cc1C. The van der Waals surface area contributed by atoms with Crippen LogP contribution in [0.5, 0.6) is 0 Å². The summed E-state index contributed by atoms with van der Waals surface area (Å²) < 4.78 is 0. The highest BCUT2D eigenvalue weighted by Crippen LogP contribution is 2.23. The van der Waals surface area contributed by atoms with E-state index < -0.39 is 0 Å². The molecular weight excluding hydrogens is 222 g/mol. The normalized spacial score (nSPS) is 15.9. The minimum atomic E-state index is 0. The third kappa shape index (κ3) is 3.59. The fourth-order valence-corrected chi connectivity index (χ4v) is 2.63. The van der Waals surface area contributed by atoms with Crippen molar-refractivity contribution in [2.75, 3.05) is 5.32 Å². The van der Waals surface area contributed by atoms with Crippen molar-refractivity contribution in [2.24, 2.45) is 0 Å². The topological polar surface area (TPSA) is 29.1 Å². The summed E-state index contributed by atoms with van der Waals surface area (Å²) in [6.45, 7) is 3.62. The second kappa shape index (κ2) is 6.58. The van der Waals surface area contributed by atoms with E-state index in [4.69, 9.17) is 0 Å². The molecule has 2 rings (SSSR count). The van der Waals surface area contributed by atoms with E-state index in [0.29, 0.717) is 6.04 Å². The molecular formula is C16H25NO. The molecule has 0 spiro atoms. The van der Waals surface area contributed by atoms with Crippen LogP contribution in [0.3, 0.4) is 0 Å². The lowest BCUT2D eigenvalue weighted by atomic mass is 9.95. The van der Waals surface area contributed by atoms with Gasteiger partial charge in [0.2, 0.25) is 0 Å². The third-order valence-electron chi connectivity index (χ3n) is 3.58. The lowest BCUT2D eigenvalue weighted by molar-refractivity contribution is 0.101. The molecule has 1 aliphatic carbocycles. The van der Waals surface area contributed by atoms with Crippen LogP contribution in [0, 0.1) is 6.92 Å². The van der Waals surface area contributed by atoms with E-state index >= 15 is 0 Å². The molecule has 18 heavy (non-hydrogen) atoms. The van der Waals surface area contributed by atoms with Gasteiger partial charge in [-0.15, -0.1) is 0 Å². The fourth-order valence-electron chi connectivity index (χ4n) is 2.63. The second-order valence-electron chi connectivity index (χ2n) is 5.07. The standard InChI is InChI=1S/C15H21NO.CH4/c1-11-10-14(8-9-15(11)12(2)17)16-13-6-4-3-5-7-13;/h8-10,13,16H,3-7H2,1-2H3;1H4. The predicted molar refractivity (Wildman–Crippen MR) is 78.4 cm³/mol. The Balaban J connectivity index is 0.00000162. The van der Waals surface area contributed by atoms with Crippen LogP contribution in [0.15, 0.2) is 18.2 Å². The van der Waals surface area contributed by atoms with Crippen LogP contribution in [0.2, 0.25) is 0 Å². The van der Waals surface area contributed by atoms with Gasteiger partial charge in [-0.3, -0.25) is 4.79 Å². The highest BCUT2D eigenvalue weighted by molar-refractivity contribution is 5.95. The summed E-state index contributed by atoms with van der Waals surface area (Å²) in [6.07, 6.45) is 6.59. The zero-order chi connectivity index (χ0) is 12.3. The van der Waals surface area contributed by atoms with Crippen LogP contribution in [-0.4, -0.2) is 11.8 Å². The molecule has 0 amide bonds. The van der Waals surface area contributed by atoms with Gasteiger partial charge in [-0.2, -0.15) is 0 Å². The first-order valence-corrected chi connectivity index (χ1v) is 6.55. The molecule has 100 valence electrons. The molecule has 0 atom stereocenters. The molecule has 2 heteroatoms. The molecule has 1 aliphatic rings. The van der Waals surface area contributed by atoms with E-state index in [1.165, 1.54) is 32.1 Å². The molecule has 0 bridgehead atoms. The average molecular weight is 247 g/mol. The van der Waals surface area contributed by atoms with Gasteiger partial charge in [0.15, 0.2) is 5.78 Å². The number of nitrogens with one attached hydrogen (secondary N) is 1. The molecule has 1 N–H and O–H groups in total. The Morgan fingerprint density at radius 2 is 1.89 bits per heavy atom. The lowest BCUT2D eigenvalue weighted by Gasteiger charge is -2.24. The van der Waals surface area contributed by atoms with Gasteiger partial charge in [-0.25, -0.2) is 0 Å². The van der Waals surface area contributed by atoms with Gasteiger partial charge >= 0.3 is 0 Å². The van der Waals surface area contributed by atoms with Crippen molar-refractivity contribution in [3.05, 3.63) is 29.3 Å². The number of hydrogen-bond donors (Lipinski definition) is 1. The quantitative estimate of drug-likeness (QED) is 0.792. The van der Waals surface area contributed by atoms with Crippen molar-refractivity contribution >= 4 is 11.5 Å². The summed E-state index contributed by atoms with van der Waals surface area (Å²) in [5.41, 5.74) is 3.05. The summed E-state index contributed by atoms with van der Waals surface area (Å²) in [5, 5.41) is 3.58. The Bertz CT molecular complexity index is 406. The first-order chi connectivity index (χ1) is 8.16. The van der Waals surface area contributed by atoms with Crippen molar-refractivity contribution in [3.63, 3.8) is 0 Å². The molecule has 1 aromatic rings. The fraction of sp³-hybridized carbons (Fsp3) is 0.562. The number of aryl methyl sites for hydroxylation is 1. The number of carbonyl (C=O) groups is 1. The maximum atomic E-state index is 11.3. The van der Waals surface area contributed by atoms with E-state index in [1.54, 1.807) is 6.92 Å². The van der Waals surface area contributed by atoms with Gasteiger partial charge < -0.3 is 5.32 Å². The largest absolute Gasteiger partial charge is 0.382 e. The van der Waals surface area contributed by atoms with Crippen LogP contribution >= 0.6 is 0 Å². The molecule has 0 saturated heterocycles. The van der Waals surface area contributed by atoms with E-state index in [2.05, 4.69) is 11.4 Å². The molecule has 1 fully saturated rings. The molecule has 0 aromatic heterocycles. The molecule has 0 heterocycles. The van der Waals surface area contributed by atoms with Crippen molar-refractivity contribution in [1.82, 2.24) is 0 Å². The first kappa shape index (κ1) is 14.7. The van der Waals surface area contributed by atoms with Gasteiger partial charge in [0.25, 0.3) is 0 Å². The van der Waals surface area contributed by atoms with E-state index in [9.17, 15) is 4.79 Å². The van der Waals surface area contributed by atoms with Crippen LogP contribution in [0.25, 0.3) is 0 Å². The Labute approximate surface area is 111 Å². The maximum absolute atomic E-state index is 11.3. The monoisotopic (exact) mass is 247 g/mol. The number of benzene rings is 1. The van der Waals surface area contributed by atoms with Gasteiger partial charge in [0.1, 0.15) is 0 Å². The average Bonchev–Trinajstić information content (AvgIpc) is 2.30. The maximum Gasteiger partial charge on any atom is 0.160 e. The minimum absolute atomic E-state index is 0. The third-order valence-corrected chi connectivity index (χ3v) is 3.58. The number of Topliss-reactive ketones (excluding diaryl/α,β-unsaturated/α-hetero) is 1. The number of rotatable bonds is 3. The van der Waals surface area contributed by atoms with Crippen LogP contribution in [-0.2, 0) is 0 Å². The zero-order valence-electron chi connectivity index (χ0n) is 10.8. The number of ketones is 1. The molecule has 2 nitrogen and oxygen atoms in total. The number of anilines is 1. The summed E-state index contributed by atoms with van der Waals surface area (Å²) in [4.78, 5) is 11.3. The smallest absolute Gasteiger partial charge is 0.160 e. The van der Waals surface area contributed by atoms with E-state index in [-0.39, 0.29) is 13.2 Å². The summed E-state index contributed by atoms with van der Waals surface area (Å²) >= 11 is 0.